The number of hydrogen-bond donors (Lipinski definition) is 2. The van der Waals surface area contributed by atoms with Gasteiger partial charge in [-0.25, -0.2) is 28.1 Å². The van der Waals surface area contributed by atoms with Gasteiger partial charge in [0.15, 0.2) is 23.4 Å². The lowest BCUT2D eigenvalue weighted by atomic mass is 10.2. The van der Waals surface area contributed by atoms with Crippen molar-refractivity contribution in [1.82, 2.24) is 20.2 Å². The van der Waals surface area contributed by atoms with Crippen molar-refractivity contribution < 1.29 is 18.0 Å². The van der Waals surface area contributed by atoms with Crippen LogP contribution in [-0.2, 0) is 4.79 Å². The van der Waals surface area contributed by atoms with E-state index >= 15 is 0 Å². The number of aromatic nitrogens is 2. The molecule has 0 saturated carbocycles. The second-order valence-corrected chi connectivity index (χ2v) is 6.46. The molecule has 1 fully saturated rings. The molecule has 1 aliphatic heterocycles. The third-order valence-corrected chi connectivity index (χ3v) is 4.43. The van der Waals surface area contributed by atoms with E-state index in [-0.39, 0.29) is 30.5 Å². The molecule has 168 valence electrons. The Morgan fingerprint density at radius 3 is 2.42 bits per heavy atom. The van der Waals surface area contributed by atoms with E-state index < -0.39 is 29.0 Å². The van der Waals surface area contributed by atoms with Gasteiger partial charge in [0.05, 0.1) is 5.69 Å². The highest BCUT2D eigenvalue weighted by Gasteiger charge is 2.21. The van der Waals surface area contributed by atoms with Crippen molar-refractivity contribution in [3.63, 3.8) is 0 Å². The van der Waals surface area contributed by atoms with Crippen molar-refractivity contribution in [2.24, 2.45) is 4.99 Å². The molecule has 0 spiro atoms. The molecule has 1 aromatic carbocycles. The highest BCUT2D eigenvalue weighted by molar-refractivity contribution is 14.0. The number of nitrogens with zero attached hydrogens (tertiary/aromatic N) is 5. The molecule has 3 rings (SSSR count). The lowest BCUT2D eigenvalue weighted by molar-refractivity contribution is -0.114. The van der Waals surface area contributed by atoms with E-state index in [0.717, 1.165) is 12.1 Å². The van der Waals surface area contributed by atoms with Gasteiger partial charge in [-0.2, -0.15) is 0 Å². The first-order valence-corrected chi connectivity index (χ1v) is 9.48. The summed E-state index contributed by atoms with van der Waals surface area (Å²) >= 11 is 0. The van der Waals surface area contributed by atoms with E-state index in [4.69, 9.17) is 0 Å². The van der Waals surface area contributed by atoms with Gasteiger partial charge in [0, 0.05) is 45.1 Å². The number of benzene rings is 1. The monoisotopic (exact) mass is 549 g/mol. The lowest BCUT2D eigenvalue weighted by Gasteiger charge is -2.36. The number of piperazine rings is 1. The normalized spacial score (nSPS) is 14.1. The minimum Gasteiger partial charge on any atom is -0.357 e. The summed E-state index contributed by atoms with van der Waals surface area (Å²) in [6.07, 6.45) is 3.38. The van der Waals surface area contributed by atoms with E-state index in [1.54, 1.807) is 18.5 Å². The Morgan fingerprint density at radius 2 is 1.77 bits per heavy atom. The highest BCUT2D eigenvalue weighted by atomic mass is 127. The van der Waals surface area contributed by atoms with Crippen LogP contribution in [-0.4, -0.2) is 66.0 Å². The van der Waals surface area contributed by atoms with Crippen molar-refractivity contribution in [2.45, 2.75) is 6.92 Å². The minimum atomic E-state index is -1.63. The first kappa shape index (κ1) is 24.6. The van der Waals surface area contributed by atoms with Gasteiger partial charge >= 0.3 is 0 Å². The zero-order valence-corrected chi connectivity index (χ0v) is 19.1. The number of rotatable bonds is 5. The second kappa shape index (κ2) is 11.7. The summed E-state index contributed by atoms with van der Waals surface area (Å²) in [5.41, 5.74) is -0.435. The summed E-state index contributed by atoms with van der Waals surface area (Å²) in [4.78, 5) is 28.9. The number of nitrogens with one attached hydrogen (secondary N) is 2. The van der Waals surface area contributed by atoms with E-state index in [1.165, 1.54) is 0 Å². The molecule has 0 aliphatic carbocycles. The average molecular weight is 549 g/mol. The third kappa shape index (κ3) is 6.42. The minimum absolute atomic E-state index is 0. The summed E-state index contributed by atoms with van der Waals surface area (Å²) in [6, 6.07) is 3.47. The largest absolute Gasteiger partial charge is 0.357 e. The van der Waals surface area contributed by atoms with Crippen LogP contribution in [0.3, 0.4) is 0 Å². The van der Waals surface area contributed by atoms with E-state index in [1.807, 2.05) is 11.8 Å². The van der Waals surface area contributed by atoms with E-state index in [9.17, 15) is 18.0 Å². The zero-order valence-electron chi connectivity index (χ0n) is 16.8. The molecule has 8 nitrogen and oxygen atoms in total. The molecule has 2 heterocycles. The van der Waals surface area contributed by atoms with Gasteiger partial charge < -0.3 is 20.4 Å². The van der Waals surface area contributed by atoms with Crippen LogP contribution in [0.25, 0.3) is 0 Å². The summed E-state index contributed by atoms with van der Waals surface area (Å²) in [5, 5.41) is 5.33. The number of aliphatic imine (C=N–C) groups is 1. The number of halogens is 4. The van der Waals surface area contributed by atoms with Gasteiger partial charge in [0.25, 0.3) is 0 Å². The maximum atomic E-state index is 13.7. The van der Waals surface area contributed by atoms with E-state index in [0.29, 0.717) is 44.6 Å². The van der Waals surface area contributed by atoms with Gasteiger partial charge in [-0.05, 0) is 25.1 Å². The fourth-order valence-corrected chi connectivity index (χ4v) is 2.96. The van der Waals surface area contributed by atoms with E-state index in [2.05, 4.69) is 30.5 Å². The molecule has 1 aliphatic rings. The van der Waals surface area contributed by atoms with Gasteiger partial charge in [-0.15, -0.1) is 24.0 Å². The van der Waals surface area contributed by atoms with Crippen LogP contribution in [0.15, 0.2) is 35.6 Å². The van der Waals surface area contributed by atoms with Crippen LogP contribution >= 0.6 is 24.0 Å². The number of carbonyl (C=O) groups is 1. The Balaban J connectivity index is 0.00000341. The Kier molecular flexibility index (Phi) is 9.27. The van der Waals surface area contributed by atoms with Crippen LogP contribution in [0.2, 0.25) is 0 Å². The zero-order chi connectivity index (χ0) is 21.5. The van der Waals surface area contributed by atoms with Gasteiger partial charge in [0.1, 0.15) is 6.54 Å². The van der Waals surface area contributed by atoms with Crippen LogP contribution < -0.4 is 15.5 Å². The Bertz CT molecular complexity index is 909. The number of anilines is 2. The predicted octanol–water partition coefficient (Wildman–Crippen LogP) is 2.24. The Morgan fingerprint density at radius 1 is 1.10 bits per heavy atom. The van der Waals surface area contributed by atoms with Crippen molar-refractivity contribution in [3.8, 4) is 0 Å². The Hall–Kier alpha value is -2.64. The first-order valence-electron chi connectivity index (χ1n) is 9.48. The molecule has 0 radical (unpaired) electrons. The number of guanidine groups is 1. The number of carbonyl (C=O) groups excluding carboxylic acids is 1. The maximum absolute atomic E-state index is 13.7. The standard InChI is InChI=1S/C19H22F3N7O.HI/c1-2-23-18(28-8-10-29(11-9-28)19-24-6-3-7-25-19)26-12-15(30)27-14-5-4-13(20)16(21)17(14)22;/h3-7H,2,8-12H2,1H3,(H,23,26)(H,27,30);1H. The SMILES string of the molecule is CCNC(=NCC(=O)Nc1ccc(F)c(F)c1F)N1CCN(c2ncccn2)CC1.I. The summed E-state index contributed by atoms with van der Waals surface area (Å²) in [7, 11) is 0. The molecular weight excluding hydrogens is 526 g/mol. The fourth-order valence-electron chi connectivity index (χ4n) is 2.96. The van der Waals surface area contributed by atoms with Crippen LogP contribution in [0.1, 0.15) is 6.92 Å². The van der Waals surface area contributed by atoms with Crippen molar-refractivity contribution >= 4 is 47.5 Å². The topological polar surface area (TPSA) is 85.8 Å². The third-order valence-electron chi connectivity index (χ3n) is 4.43. The smallest absolute Gasteiger partial charge is 0.246 e. The molecule has 1 aromatic heterocycles. The average Bonchev–Trinajstić information content (AvgIpc) is 2.78. The quantitative estimate of drug-likeness (QED) is 0.258. The summed E-state index contributed by atoms with van der Waals surface area (Å²) < 4.78 is 40.0. The molecule has 12 heteroatoms. The molecule has 0 atom stereocenters. The van der Waals surface area contributed by atoms with Crippen LogP contribution in [0.5, 0.6) is 0 Å². The molecule has 2 aromatic rings. The lowest BCUT2D eigenvalue weighted by Crippen LogP contribution is -2.53. The summed E-state index contributed by atoms with van der Waals surface area (Å²) in [5.74, 6) is -3.85. The maximum Gasteiger partial charge on any atom is 0.246 e. The molecule has 1 amide bonds. The molecule has 2 N–H and O–H groups in total. The second-order valence-electron chi connectivity index (χ2n) is 6.46. The van der Waals surface area contributed by atoms with Crippen molar-refractivity contribution in [3.05, 3.63) is 48.0 Å². The van der Waals surface area contributed by atoms with Crippen LogP contribution in [0, 0.1) is 17.5 Å². The number of amides is 1. The van der Waals surface area contributed by atoms with Gasteiger partial charge in [-0.3, -0.25) is 4.79 Å². The summed E-state index contributed by atoms with van der Waals surface area (Å²) in [6.45, 7) is 4.85. The van der Waals surface area contributed by atoms with Gasteiger partial charge in [-0.1, -0.05) is 0 Å². The molecule has 0 bridgehead atoms. The van der Waals surface area contributed by atoms with Crippen molar-refractivity contribution in [1.29, 1.82) is 0 Å². The number of hydrogen-bond acceptors (Lipinski definition) is 5. The Labute approximate surface area is 195 Å². The van der Waals surface area contributed by atoms with Gasteiger partial charge in [0.2, 0.25) is 11.9 Å². The first-order chi connectivity index (χ1) is 14.5. The molecule has 0 unspecified atom stereocenters. The molecular formula is C19H23F3IN7O. The predicted molar refractivity (Wildman–Crippen MR) is 122 cm³/mol. The molecule has 31 heavy (non-hydrogen) atoms. The fraction of sp³-hybridized carbons (Fsp3) is 0.368. The highest BCUT2D eigenvalue weighted by Crippen LogP contribution is 2.19. The molecule has 1 saturated heterocycles. The van der Waals surface area contributed by atoms with Crippen molar-refractivity contribution in [2.75, 3.05) is 49.5 Å². The van der Waals surface area contributed by atoms with Crippen LogP contribution in [0.4, 0.5) is 24.8 Å².